The molecule has 0 fully saturated rings. The number of ether oxygens (including phenoxy) is 2. The number of aromatic nitrogens is 1. The Morgan fingerprint density at radius 1 is 1.22 bits per heavy atom. The summed E-state index contributed by atoms with van der Waals surface area (Å²) in [6.45, 7) is 2.30. The number of anilines is 1. The first-order valence-corrected chi connectivity index (χ1v) is 6.74. The van der Waals surface area contributed by atoms with Crippen LogP contribution in [-0.2, 0) is 0 Å². The Morgan fingerprint density at radius 3 is 2.48 bits per heavy atom. The zero-order chi connectivity index (χ0) is 17.0. The minimum absolute atomic E-state index is 0.0346. The fraction of sp³-hybridized carbons (Fsp3) is 0.188. The Bertz CT molecular complexity index is 888. The average Bonchev–Trinajstić information content (AvgIpc) is 2.55. The van der Waals surface area contributed by atoms with E-state index in [9.17, 15) is 15.3 Å². The Morgan fingerprint density at radius 2 is 1.91 bits per heavy atom. The van der Waals surface area contributed by atoms with Gasteiger partial charge in [-0.3, -0.25) is 4.79 Å². The molecule has 116 valence electrons. The van der Waals surface area contributed by atoms with Gasteiger partial charge >= 0.3 is 0 Å². The molecule has 0 unspecified atom stereocenters. The normalized spacial score (nSPS) is 9.74. The van der Waals surface area contributed by atoms with Crippen LogP contribution in [0.2, 0.25) is 0 Å². The summed E-state index contributed by atoms with van der Waals surface area (Å²) < 4.78 is 10.7. The lowest BCUT2D eigenvalue weighted by atomic mass is 9.96. The SMILES string of the molecule is CCOc1ccc(-c2c(C#N)c(N)[nH]c(=O)c2C#N)cc1OC. The summed E-state index contributed by atoms with van der Waals surface area (Å²) in [7, 11) is 1.48. The predicted octanol–water partition coefficient (Wildman–Crippen LogP) is 1.77. The molecule has 0 radical (unpaired) electrons. The highest BCUT2D eigenvalue weighted by atomic mass is 16.5. The monoisotopic (exact) mass is 310 g/mol. The molecular formula is C16H14N4O3. The Labute approximate surface area is 132 Å². The van der Waals surface area contributed by atoms with E-state index in [4.69, 9.17) is 15.2 Å². The van der Waals surface area contributed by atoms with Crippen LogP contribution >= 0.6 is 0 Å². The summed E-state index contributed by atoms with van der Waals surface area (Å²) in [5.41, 5.74) is 5.55. The molecule has 0 aliphatic rings. The van der Waals surface area contributed by atoms with Gasteiger partial charge in [0.2, 0.25) is 0 Å². The number of rotatable bonds is 4. The molecule has 7 nitrogen and oxygen atoms in total. The van der Waals surface area contributed by atoms with E-state index in [1.165, 1.54) is 7.11 Å². The van der Waals surface area contributed by atoms with Gasteiger partial charge in [-0.15, -0.1) is 0 Å². The van der Waals surface area contributed by atoms with E-state index in [0.29, 0.717) is 23.7 Å². The van der Waals surface area contributed by atoms with Crippen LogP contribution in [0.15, 0.2) is 23.0 Å². The average molecular weight is 310 g/mol. The summed E-state index contributed by atoms with van der Waals surface area (Å²) in [4.78, 5) is 14.2. The summed E-state index contributed by atoms with van der Waals surface area (Å²) in [5, 5.41) is 18.6. The largest absolute Gasteiger partial charge is 0.493 e. The maximum Gasteiger partial charge on any atom is 0.268 e. The van der Waals surface area contributed by atoms with Gasteiger partial charge in [0.25, 0.3) is 5.56 Å². The molecule has 0 amide bonds. The molecule has 0 saturated heterocycles. The van der Waals surface area contributed by atoms with Crippen LogP contribution in [-0.4, -0.2) is 18.7 Å². The summed E-state index contributed by atoms with van der Waals surface area (Å²) >= 11 is 0. The molecule has 2 rings (SSSR count). The molecule has 1 heterocycles. The molecule has 7 heteroatoms. The van der Waals surface area contributed by atoms with Crippen molar-refractivity contribution >= 4 is 5.82 Å². The van der Waals surface area contributed by atoms with Crippen molar-refractivity contribution in [2.45, 2.75) is 6.92 Å². The van der Waals surface area contributed by atoms with Gasteiger partial charge in [-0.2, -0.15) is 10.5 Å². The van der Waals surface area contributed by atoms with E-state index in [1.54, 1.807) is 18.2 Å². The fourth-order valence-corrected chi connectivity index (χ4v) is 2.23. The van der Waals surface area contributed by atoms with Gasteiger partial charge in [-0.05, 0) is 24.6 Å². The minimum atomic E-state index is -0.646. The van der Waals surface area contributed by atoms with Crippen molar-refractivity contribution < 1.29 is 9.47 Å². The topological polar surface area (TPSA) is 125 Å². The number of benzene rings is 1. The molecule has 0 atom stereocenters. The van der Waals surface area contributed by atoms with Crippen LogP contribution in [0, 0.1) is 22.7 Å². The summed E-state index contributed by atoms with van der Waals surface area (Å²) in [6.07, 6.45) is 0. The van der Waals surface area contributed by atoms with E-state index in [1.807, 2.05) is 19.1 Å². The molecular weight excluding hydrogens is 296 g/mol. The van der Waals surface area contributed by atoms with Crippen LogP contribution < -0.4 is 20.8 Å². The van der Waals surface area contributed by atoms with Crippen molar-refractivity contribution in [2.75, 3.05) is 19.5 Å². The standard InChI is InChI=1S/C16H14N4O3/c1-3-23-12-5-4-9(6-13(12)22-2)14-10(7-17)15(19)20-16(21)11(14)8-18/h4-6H,3H2,1-2H3,(H3,19,20,21). The number of aromatic amines is 1. The lowest BCUT2D eigenvalue weighted by Crippen LogP contribution is -2.16. The zero-order valence-corrected chi connectivity index (χ0v) is 12.6. The number of methoxy groups -OCH3 is 1. The highest BCUT2D eigenvalue weighted by molar-refractivity contribution is 5.81. The van der Waals surface area contributed by atoms with Gasteiger partial charge in [0.15, 0.2) is 11.5 Å². The molecule has 1 aromatic heterocycles. The van der Waals surface area contributed by atoms with Crippen molar-refractivity contribution in [3.05, 3.63) is 39.7 Å². The lowest BCUT2D eigenvalue weighted by Gasteiger charge is -2.13. The van der Waals surface area contributed by atoms with E-state index >= 15 is 0 Å². The van der Waals surface area contributed by atoms with Crippen LogP contribution in [0.1, 0.15) is 18.1 Å². The lowest BCUT2D eigenvalue weighted by molar-refractivity contribution is 0.311. The van der Waals surface area contributed by atoms with Crippen molar-refractivity contribution in [2.24, 2.45) is 0 Å². The van der Waals surface area contributed by atoms with E-state index in [2.05, 4.69) is 4.98 Å². The number of pyridine rings is 1. The van der Waals surface area contributed by atoms with Gasteiger partial charge in [-0.1, -0.05) is 6.07 Å². The van der Waals surface area contributed by atoms with Crippen molar-refractivity contribution in [1.82, 2.24) is 4.98 Å². The number of nitriles is 2. The number of nitrogens with one attached hydrogen (secondary N) is 1. The number of hydrogen-bond donors (Lipinski definition) is 2. The number of nitrogens with two attached hydrogens (primary N) is 1. The van der Waals surface area contributed by atoms with Crippen LogP contribution in [0.5, 0.6) is 11.5 Å². The third-order valence-corrected chi connectivity index (χ3v) is 3.22. The number of H-pyrrole nitrogens is 1. The van der Waals surface area contributed by atoms with E-state index < -0.39 is 5.56 Å². The molecule has 0 aliphatic heterocycles. The Hall–Kier alpha value is -3.45. The predicted molar refractivity (Wildman–Crippen MR) is 84.1 cm³/mol. The number of nitrogen functional groups attached to an aromatic ring is 1. The Kier molecular flexibility index (Phi) is 4.53. The van der Waals surface area contributed by atoms with Crippen molar-refractivity contribution in [3.63, 3.8) is 0 Å². The molecule has 0 bridgehead atoms. The maximum atomic E-state index is 11.9. The molecule has 1 aromatic carbocycles. The van der Waals surface area contributed by atoms with E-state index in [-0.39, 0.29) is 22.5 Å². The molecule has 0 saturated carbocycles. The highest BCUT2D eigenvalue weighted by Gasteiger charge is 2.19. The third-order valence-electron chi connectivity index (χ3n) is 3.22. The quantitative estimate of drug-likeness (QED) is 0.886. The minimum Gasteiger partial charge on any atom is -0.493 e. The van der Waals surface area contributed by atoms with Crippen LogP contribution in [0.3, 0.4) is 0 Å². The van der Waals surface area contributed by atoms with Crippen LogP contribution in [0.25, 0.3) is 11.1 Å². The smallest absolute Gasteiger partial charge is 0.268 e. The highest BCUT2D eigenvalue weighted by Crippen LogP contribution is 2.35. The number of hydrogen-bond acceptors (Lipinski definition) is 6. The van der Waals surface area contributed by atoms with Crippen molar-refractivity contribution in [1.29, 1.82) is 10.5 Å². The van der Waals surface area contributed by atoms with Crippen molar-refractivity contribution in [3.8, 4) is 34.8 Å². The third kappa shape index (κ3) is 2.81. The van der Waals surface area contributed by atoms with Gasteiger partial charge in [0.05, 0.1) is 13.7 Å². The molecule has 2 aromatic rings. The molecule has 23 heavy (non-hydrogen) atoms. The molecule has 0 aliphatic carbocycles. The second kappa shape index (κ2) is 6.54. The van der Waals surface area contributed by atoms with E-state index in [0.717, 1.165) is 0 Å². The van der Waals surface area contributed by atoms with Gasteiger partial charge in [0, 0.05) is 5.56 Å². The fourth-order valence-electron chi connectivity index (χ4n) is 2.23. The second-order valence-electron chi connectivity index (χ2n) is 4.52. The first-order chi connectivity index (χ1) is 11.1. The zero-order valence-electron chi connectivity index (χ0n) is 12.6. The van der Waals surface area contributed by atoms with Gasteiger partial charge < -0.3 is 20.2 Å². The molecule has 0 spiro atoms. The first-order valence-electron chi connectivity index (χ1n) is 6.74. The second-order valence-corrected chi connectivity index (χ2v) is 4.52. The van der Waals surface area contributed by atoms with Gasteiger partial charge in [0.1, 0.15) is 29.1 Å². The summed E-state index contributed by atoms with van der Waals surface area (Å²) in [6, 6.07) is 8.63. The number of nitrogens with zero attached hydrogens (tertiary/aromatic N) is 2. The molecule has 3 N–H and O–H groups in total. The first kappa shape index (κ1) is 15.9. The maximum absolute atomic E-state index is 11.9. The van der Waals surface area contributed by atoms with Crippen LogP contribution in [0.4, 0.5) is 5.82 Å². The van der Waals surface area contributed by atoms with Gasteiger partial charge in [-0.25, -0.2) is 0 Å². The summed E-state index contributed by atoms with van der Waals surface area (Å²) in [5.74, 6) is 0.865. The Balaban J connectivity index is 2.79.